The van der Waals surface area contributed by atoms with Crippen LogP contribution in [0.3, 0.4) is 0 Å². The molecular weight excluding hydrogens is 232 g/mol. The van der Waals surface area contributed by atoms with E-state index in [0.717, 1.165) is 0 Å². The van der Waals surface area contributed by atoms with Gasteiger partial charge in [0.05, 0.1) is 0 Å². The Morgan fingerprint density at radius 1 is 1.16 bits per heavy atom. The van der Waals surface area contributed by atoms with Crippen molar-refractivity contribution in [3.63, 3.8) is 0 Å². The van der Waals surface area contributed by atoms with E-state index in [2.05, 4.69) is 55.3 Å². The Morgan fingerprint density at radius 3 is 2.32 bits per heavy atom. The molecule has 1 N–H and O–H groups in total. The molecule has 2 nitrogen and oxygen atoms in total. The van der Waals surface area contributed by atoms with E-state index in [1.54, 1.807) is 0 Å². The van der Waals surface area contributed by atoms with Gasteiger partial charge >= 0.3 is 0 Å². The number of benzene rings is 1. The van der Waals surface area contributed by atoms with Gasteiger partial charge in [-0.1, -0.05) is 32.9 Å². The van der Waals surface area contributed by atoms with E-state index in [4.69, 9.17) is 0 Å². The molecule has 106 valence electrons. The highest BCUT2D eigenvalue weighted by Crippen LogP contribution is 2.20. The first-order valence-corrected chi connectivity index (χ1v) is 7.78. The predicted molar refractivity (Wildman–Crippen MR) is 83.9 cm³/mol. The Morgan fingerprint density at radius 2 is 1.79 bits per heavy atom. The minimum atomic E-state index is 0.617. The average molecular weight is 260 g/mol. The molecule has 0 spiro atoms. The van der Waals surface area contributed by atoms with Crippen LogP contribution in [-0.2, 0) is 0 Å². The summed E-state index contributed by atoms with van der Waals surface area (Å²) in [5.41, 5.74) is 2.70. The van der Waals surface area contributed by atoms with E-state index in [-0.39, 0.29) is 0 Å². The molecule has 0 amide bonds. The van der Waals surface area contributed by atoms with Crippen LogP contribution in [0.2, 0.25) is 0 Å². The standard InChI is InChI=1S/C17H28N2/c1-4-11-19-12-9-17(10-13-19)18-16-7-5-15(6-8-16)14(2)3/h5-8,14,17-18H,4,9-13H2,1-3H3. The van der Waals surface area contributed by atoms with E-state index >= 15 is 0 Å². The first-order valence-electron chi connectivity index (χ1n) is 7.78. The minimum Gasteiger partial charge on any atom is -0.382 e. The van der Waals surface area contributed by atoms with E-state index < -0.39 is 0 Å². The highest BCUT2D eigenvalue weighted by atomic mass is 15.1. The summed E-state index contributed by atoms with van der Waals surface area (Å²) in [4.78, 5) is 2.58. The van der Waals surface area contributed by atoms with Crippen molar-refractivity contribution in [2.45, 2.75) is 52.0 Å². The van der Waals surface area contributed by atoms with Crippen molar-refractivity contribution in [1.82, 2.24) is 4.90 Å². The maximum atomic E-state index is 3.68. The number of likely N-dealkylation sites (tertiary alicyclic amines) is 1. The van der Waals surface area contributed by atoms with Crippen LogP contribution in [0.4, 0.5) is 5.69 Å². The molecule has 2 rings (SSSR count). The van der Waals surface area contributed by atoms with E-state index in [1.165, 1.54) is 50.1 Å². The van der Waals surface area contributed by atoms with E-state index in [0.29, 0.717) is 12.0 Å². The quantitative estimate of drug-likeness (QED) is 0.857. The van der Waals surface area contributed by atoms with Crippen LogP contribution in [0, 0.1) is 0 Å². The third kappa shape index (κ3) is 4.24. The second-order valence-corrected chi connectivity index (χ2v) is 6.04. The highest BCUT2D eigenvalue weighted by molar-refractivity contribution is 5.46. The van der Waals surface area contributed by atoms with Crippen molar-refractivity contribution < 1.29 is 0 Å². The van der Waals surface area contributed by atoms with Crippen LogP contribution < -0.4 is 5.32 Å². The fourth-order valence-electron chi connectivity index (χ4n) is 2.82. The van der Waals surface area contributed by atoms with Crippen LogP contribution in [0.25, 0.3) is 0 Å². The van der Waals surface area contributed by atoms with Gasteiger partial charge in [0, 0.05) is 24.8 Å². The van der Waals surface area contributed by atoms with Crippen molar-refractivity contribution in [3.05, 3.63) is 29.8 Å². The maximum absolute atomic E-state index is 3.68. The van der Waals surface area contributed by atoms with Gasteiger partial charge in [-0.25, -0.2) is 0 Å². The lowest BCUT2D eigenvalue weighted by atomic mass is 10.0. The molecule has 0 bridgehead atoms. The van der Waals surface area contributed by atoms with Crippen LogP contribution in [-0.4, -0.2) is 30.6 Å². The Bertz CT molecular complexity index is 361. The molecular formula is C17H28N2. The summed E-state index contributed by atoms with van der Waals surface area (Å²) >= 11 is 0. The van der Waals surface area contributed by atoms with Crippen molar-refractivity contribution in [2.75, 3.05) is 25.0 Å². The molecule has 1 aromatic carbocycles. The lowest BCUT2D eigenvalue weighted by molar-refractivity contribution is 0.219. The SMILES string of the molecule is CCCN1CCC(Nc2ccc(C(C)C)cc2)CC1. The summed E-state index contributed by atoms with van der Waals surface area (Å²) in [6.07, 6.45) is 3.81. The summed E-state index contributed by atoms with van der Waals surface area (Å²) in [7, 11) is 0. The molecule has 0 aromatic heterocycles. The van der Waals surface area contributed by atoms with Gasteiger partial charge in [0.15, 0.2) is 0 Å². The third-order valence-electron chi connectivity index (χ3n) is 4.08. The zero-order valence-corrected chi connectivity index (χ0v) is 12.7. The molecule has 1 aromatic rings. The molecule has 0 unspecified atom stereocenters. The lowest BCUT2D eigenvalue weighted by Crippen LogP contribution is -2.39. The summed E-state index contributed by atoms with van der Waals surface area (Å²) in [5, 5.41) is 3.68. The summed E-state index contributed by atoms with van der Waals surface area (Å²) in [5.74, 6) is 0.617. The zero-order valence-electron chi connectivity index (χ0n) is 12.7. The van der Waals surface area contributed by atoms with Crippen molar-refractivity contribution in [2.24, 2.45) is 0 Å². The summed E-state index contributed by atoms with van der Waals surface area (Å²) < 4.78 is 0. The molecule has 1 aliphatic heterocycles. The van der Waals surface area contributed by atoms with Crippen molar-refractivity contribution in [1.29, 1.82) is 0 Å². The third-order valence-corrected chi connectivity index (χ3v) is 4.08. The van der Waals surface area contributed by atoms with Gasteiger partial charge in [-0.2, -0.15) is 0 Å². The first kappa shape index (κ1) is 14.4. The van der Waals surface area contributed by atoms with Gasteiger partial charge in [0.2, 0.25) is 0 Å². The molecule has 1 fully saturated rings. The van der Waals surface area contributed by atoms with Crippen molar-refractivity contribution in [3.8, 4) is 0 Å². The van der Waals surface area contributed by atoms with Crippen LogP contribution in [0.1, 0.15) is 51.5 Å². The number of anilines is 1. The van der Waals surface area contributed by atoms with Gasteiger partial charge in [-0.05, 0) is 49.4 Å². The number of rotatable bonds is 5. The minimum absolute atomic E-state index is 0.617. The fourth-order valence-corrected chi connectivity index (χ4v) is 2.82. The second kappa shape index (κ2) is 6.95. The largest absolute Gasteiger partial charge is 0.382 e. The number of hydrogen-bond acceptors (Lipinski definition) is 2. The van der Waals surface area contributed by atoms with Gasteiger partial charge < -0.3 is 10.2 Å². The first-order chi connectivity index (χ1) is 9.19. The Hall–Kier alpha value is -1.02. The van der Waals surface area contributed by atoms with Crippen molar-refractivity contribution >= 4 is 5.69 Å². The molecule has 0 saturated carbocycles. The Labute approximate surface area is 118 Å². The van der Waals surface area contributed by atoms with E-state index in [1.807, 2.05) is 0 Å². The molecule has 0 radical (unpaired) electrons. The molecule has 2 heteroatoms. The second-order valence-electron chi connectivity index (χ2n) is 6.04. The molecule has 1 heterocycles. The number of piperidine rings is 1. The Balaban J connectivity index is 1.82. The predicted octanol–water partition coefficient (Wildman–Crippen LogP) is 4.10. The highest BCUT2D eigenvalue weighted by Gasteiger charge is 2.18. The lowest BCUT2D eigenvalue weighted by Gasteiger charge is -2.32. The number of nitrogens with zero attached hydrogens (tertiary/aromatic N) is 1. The Kier molecular flexibility index (Phi) is 5.26. The van der Waals surface area contributed by atoms with Gasteiger partial charge in [0.1, 0.15) is 0 Å². The topological polar surface area (TPSA) is 15.3 Å². The smallest absolute Gasteiger partial charge is 0.0342 e. The molecule has 19 heavy (non-hydrogen) atoms. The molecule has 0 aliphatic carbocycles. The summed E-state index contributed by atoms with van der Waals surface area (Å²) in [6, 6.07) is 9.61. The molecule has 1 aliphatic rings. The van der Waals surface area contributed by atoms with E-state index in [9.17, 15) is 0 Å². The molecule has 1 saturated heterocycles. The number of nitrogens with one attached hydrogen (secondary N) is 1. The maximum Gasteiger partial charge on any atom is 0.0342 e. The summed E-state index contributed by atoms with van der Waals surface area (Å²) in [6.45, 7) is 10.5. The zero-order chi connectivity index (χ0) is 13.7. The van der Waals surface area contributed by atoms with Crippen LogP contribution in [0.5, 0.6) is 0 Å². The van der Waals surface area contributed by atoms with Gasteiger partial charge in [-0.3, -0.25) is 0 Å². The average Bonchev–Trinajstić information content (AvgIpc) is 2.42. The van der Waals surface area contributed by atoms with Gasteiger partial charge in [-0.15, -0.1) is 0 Å². The van der Waals surface area contributed by atoms with Crippen LogP contribution in [0.15, 0.2) is 24.3 Å². The fraction of sp³-hybridized carbons (Fsp3) is 0.647. The van der Waals surface area contributed by atoms with Crippen LogP contribution >= 0.6 is 0 Å². The molecule has 0 atom stereocenters. The number of hydrogen-bond donors (Lipinski definition) is 1. The van der Waals surface area contributed by atoms with Gasteiger partial charge in [0.25, 0.3) is 0 Å². The monoisotopic (exact) mass is 260 g/mol. The normalized spacial score (nSPS) is 17.9.